The number of hydrogen-bond acceptors (Lipinski definition) is 1. The molecule has 98 valence electrons. The first-order chi connectivity index (χ1) is 8.88. The smallest absolute Gasteiger partial charge is 0.0408 e. The molecule has 1 aliphatic heterocycles. The van der Waals surface area contributed by atoms with Crippen molar-refractivity contribution in [3.63, 3.8) is 0 Å². The minimum Gasteiger partial charge on any atom is -0.385 e. The minimum atomic E-state index is 0.813. The van der Waals surface area contributed by atoms with Crippen LogP contribution in [-0.4, -0.2) is 6.54 Å². The van der Waals surface area contributed by atoms with Crippen LogP contribution < -0.4 is 5.32 Å². The number of para-hydroxylation sites is 1. The Bertz CT molecular complexity index is 402. The van der Waals surface area contributed by atoms with E-state index in [0.717, 1.165) is 18.4 Å². The second kappa shape index (κ2) is 5.34. The van der Waals surface area contributed by atoms with E-state index in [0.29, 0.717) is 0 Å². The third-order valence-corrected chi connectivity index (χ3v) is 4.97. The third-order valence-electron chi connectivity index (χ3n) is 4.97. The maximum absolute atomic E-state index is 3.65. The standard InChI is InChI=1S/C17H25N/c1-2-13-8-10-14(11-9-13)16-7-3-5-15-6-4-12-18-17(15)16/h3,5,7,13-14,18H,2,4,6,8-12H2,1H3. The van der Waals surface area contributed by atoms with E-state index in [1.165, 1.54) is 50.6 Å². The lowest BCUT2D eigenvalue weighted by molar-refractivity contribution is 0.319. The molecule has 2 aliphatic rings. The molecule has 1 heterocycles. The summed E-state index contributed by atoms with van der Waals surface area (Å²) in [5.74, 6) is 1.81. The second-order valence-electron chi connectivity index (χ2n) is 6.04. The van der Waals surface area contributed by atoms with Crippen LogP contribution in [0, 0.1) is 5.92 Å². The molecule has 1 aliphatic carbocycles. The average Bonchev–Trinajstić information content (AvgIpc) is 2.47. The van der Waals surface area contributed by atoms with Gasteiger partial charge in [0, 0.05) is 12.2 Å². The highest BCUT2D eigenvalue weighted by Gasteiger charge is 2.24. The van der Waals surface area contributed by atoms with Gasteiger partial charge in [-0.2, -0.15) is 0 Å². The van der Waals surface area contributed by atoms with Gasteiger partial charge < -0.3 is 5.32 Å². The summed E-state index contributed by atoms with van der Waals surface area (Å²) in [5.41, 5.74) is 4.65. The molecule has 0 radical (unpaired) electrons. The fourth-order valence-corrected chi connectivity index (χ4v) is 3.76. The highest BCUT2D eigenvalue weighted by molar-refractivity contribution is 5.60. The van der Waals surface area contributed by atoms with E-state index in [1.807, 2.05) is 0 Å². The zero-order chi connectivity index (χ0) is 12.4. The van der Waals surface area contributed by atoms with Crippen molar-refractivity contribution < 1.29 is 0 Å². The van der Waals surface area contributed by atoms with Crippen molar-refractivity contribution in [3.8, 4) is 0 Å². The molecule has 1 saturated carbocycles. The van der Waals surface area contributed by atoms with Crippen molar-refractivity contribution in [2.75, 3.05) is 11.9 Å². The molecule has 0 atom stereocenters. The Balaban J connectivity index is 1.80. The van der Waals surface area contributed by atoms with Crippen molar-refractivity contribution in [2.24, 2.45) is 5.92 Å². The Labute approximate surface area is 111 Å². The normalized spacial score (nSPS) is 27.4. The van der Waals surface area contributed by atoms with Crippen molar-refractivity contribution in [1.82, 2.24) is 0 Å². The number of benzene rings is 1. The van der Waals surface area contributed by atoms with Crippen LogP contribution in [0.2, 0.25) is 0 Å². The van der Waals surface area contributed by atoms with Crippen LogP contribution in [0.3, 0.4) is 0 Å². The van der Waals surface area contributed by atoms with Gasteiger partial charge in [-0.05, 0) is 61.5 Å². The Hall–Kier alpha value is -0.980. The molecule has 18 heavy (non-hydrogen) atoms. The van der Waals surface area contributed by atoms with Gasteiger partial charge in [-0.25, -0.2) is 0 Å². The monoisotopic (exact) mass is 243 g/mol. The summed E-state index contributed by atoms with van der Waals surface area (Å²) >= 11 is 0. The molecule has 0 bridgehead atoms. The van der Waals surface area contributed by atoms with E-state index in [2.05, 4.69) is 30.4 Å². The molecule has 1 nitrogen and oxygen atoms in total. The fraction of sp³-hybridized carbons (Fsp3) is 0.647. The Kier molecular flexibility index (Phi) is 3.58. The lowest BCUT2D eigenvalue weighted by Crippen LogP contribution is -2.18. The van der Waals surface area contributed by atoms with Crippen molar-refractivity contribution in [1.29, 1.82) is 0 Å². The molecule has 0 unspecified atom stereocenters. The predicted octanol–water partition coefficient (Wildman–Crippen LogP) is 4.73. The van der Waals surface area contributed by atoms with Crippen LogP contribution in [0.1, 0.15) is 62.5 Å². The van der Waals surface area contributed by atoms with E-state index in [4.69, 9.17) is 0 Å². The zero-order valence-corrected chi connectivity index (χ0v) is 11.5. The van der Waals surface area contributed by atoms with Crippen molar-refractivity contribution in [3.05, 3.63) is 29.3 Å². The first-order valence-corrected chi connectivity index (χ1v) is 7.74. The molecule has 1 aromatic carbocycles. The van der Waals surface area contributed by atoms with Crippen molar-refractivity contribution >= 4 is 5.69 Å². The van der Waals surface area contributed by atoms with Gasteiger partial charge in [0.25, 0.3) is 0 Å². The second-order valence-corrected chi connectivity index (χ2v) is 6.04. The van der Waals surface area contributed by atoms with E-state index in [9.17, 15) is 0 Å². The van der Waals surface area contributed by atoms with Crippen LogP contribution in [0.15, 0.2) is 18.2 Å². The highest BCUT2D eigenvalue weighted by atomic mass is 14.9. The van der Waals surface area contributed by atoms with Gasteiger partial charge in [-0.3, -0.25) is 0 Å². The molecule has 1 heteroatoms. The van der Waals surface area contributed by atoms with Gasteiger partial charge in [-0.1, -0.05) is 31.5 Å². The first-order valence-electron chi connectivity index (χ1n) is 7.74. The maximum atomic E-state index is 3.65. The van der Waals surface area contributed by atoms with E-state index >= 15 is 0 Å². The number of aryl methyl sites for hydroxylation is 1. The summed E-state index contributed by atoms with van der Waals surface area (Å²) < 4.78 is 0. The summed E-state index contributed by atoms with van der Waals surface area (Å²) in [6.07, 6.45) is 9.60. The Morgan fingerprint density at radius 1 is 1.17 bits per heavy atom. The van der Waals surface area contributed by atoms with Crippen LogP contribution in [0.5, 0.6) is 0 Å². The average molecular weight is 243 g/mol. The van der Waals surface area contributed by atoms with Gasteiger partial charge in [0.15, 0.2) is 0 Å². The maximum Gasteiger partial charge on any atom is 0.0408 e. The molecule has 1 fully saturated rings. The third kappa shape index (κ3) is 2.28. The largest absolute Gasteiger partial charge is 0.385 e. The number of nitrogens with one attached hydrogen (secondary N) is 1. The molecule has 0 saturated heterocycles. The topological polar surface area (TPSA) is 12.0 Å². The van der Waals surface area contributed by atoms with E-state index < -0.39 is 0 Å². The van der Waals surface area contributed by atoms with E-state index in [-0.39, 0.29) is 0 Å². The van der Waals surface area contributed by atoms with Gasteiger partial charge >= 0.3 is 0 Å². The number of hydrogen-bond donors (Lipinski definition) is 1. The SMILES string of the molecule is CCC1CCC(c2cccc3c2NCCC3)CC1. The van der Waals surface area contributed by atoms with Gasteiger partial charge in [-0.15, -0.1) is 0 Å². The van der Waals surface area contributed by atoms with Crippen LogP contribution in [0.25, 0.3) is 0 Å². The molecule has 0 amide bonds. The quantitative estimate of drug-likeness (QED) is 0.792. The van der Waals surface area contributed by atoms with Crippen LogP contribution in [0.4, 0.5) is 5.69 Å². The number of rotatable bonds is 2. The van der Waals surface area contributed by atoms with Crippen LogP contribution >= 0.6 is 0 Å². The summed E-state index contributed by atoms with van der Waals surface area (Å²) in [7, 11) is 0. The van der Waals surface area contributed by atoms with Gasteiger partial charge in [0.1, 0.15) is 0 Å². The number of anilines is 1. The lowest BCUT2D eigenvalue weighted by Gasteiger charge is -2.31. The van der Waals surface area contributed by atoms with Crippen LogP contribution in [-0.2, 0) is 6.42 Å². The molecule has 1 aromatic rings. The van der Waals surface area contributed by atoms with Gasteiger partial charge in [0.2, 0.25) is 0 Å². The van der Waals surface area contributed by atoms with E-state index in [1.54, 1.807) is 11.1 Å². The summed E-state index contributed by atoms with van der Waals surface area (Å²) in [6, 6.07) is 6.95. The Morgan fingerprint density at radius 2 is 2.00 bits per heavy atom. The Morgan fingerprint density at radius 3 is 2.78 bits per heavy atom. The minimum absolute atomic E-state index is 0.813. The summed E-state index contributed by atoms with van der Waals surface area (Å²) in [5, 5.41) is 3.65. The lowest BCUT2D eigenvalue weighted by atomic mass is 9.76. The summed E-state index contributed by atoms with van der Waals surface area (Å²) in [4.78, 5) is 0. The highest BCUT2D eigenvalue weighted by Crippen LogP contribution is 2.41. The number of fused-ring (bicyclic) bond motifs is 1. The molecular weight excluding hydrogens is 218 g/mol. The van der Waals surface area contributed by atoms with Crippen molar-refractivity contribution in [2.45, 2.75) is 57.8 Å². The molecular formula is C17H25N. The fourth-order valence-electron chi connectivity index (χ4n) is 3.76. The zero-order valence-electron chi connectivity index (χ0n) is 11.5. The molecule has 0 spiro atoms. The van der Waals surface area contributed by atoms with Gasteiger partial charge in [0.05, 0.1) is 0 Å². The predicted molar refractivity (Wildman–Crippen MR) is 78.2 cm³/mol. The molecule has 1 N–H and O–H groups in total. The first kappa shape index (κ1) is 12.1. The molecule has 3 rings (SSSR count). The summed E-state index contributed by atoms with van der Waals surface area (Å²) in [6.45, 7) is 3.51. The molecule has 0 aromatic heterocycles.